The Hall–Kier alpha value is -3.28. The second-order valence-electron chi connectivity index (χ2n) is 11.9. The number of hydrogen-bond donors (Lipinski definition) is 1. The van der Waals surface area contributed by atoms with E-state index < -0.39 is 0 Å². The zero-order chi connectivity index (χ0) is 33.3. The van der Waals surface area contributed by atoms with Gasteiger partial charge in [0.2, 0.25) is 0 Å². The summed E-state index contributed by atoms with van der Waals surface area (Å²) in [6.45, 7) is 13.8. The van der Waals surface area contributed by atoms with Gasteiger partial charge in [0.25, 0.3) is 12.4 Å². The Labute approximate surface area is 274 Å². The Morgan fingerprint density at radius 1 is 0.844 bits per heavy atom. The van der Waals surface area contributed by atoms with Crippen molar-refractivity contribution in [1.82, 2.24) is 4.90 Å². The van der Waals surface area contributed by atoms with E-state index in [-0.39, 0.29) is 12.4 Å². The van der Waals surface area contributed by atoms with Gasteiger partial charge in [-0.15, -0.1) is 0 Å². The maximum Gasteiger partial charge on any atom is 0.290 e. The number of ether oxygens (including phenoxy) is 1. The van der Waals surface area contributed by atoms with E-state index in [1.165, 1.54) is 68.9 Å². The number of rotatable bonds is 10. The van der Waals surface area contributed by atoms with Crippen LogP contribution >= 0.6 is 0 Å². The van der Waals surface area contributed by atoms with Crippen LogP contribution in [0.15, 0.2) is 54.1 Å². The van der Waals surface area contributed by atoms with Gasteiger partial charge in [0.05, 0.1) is 6.61 Å². The van der Waals surface area contributed by atoms with Crippen molar-refractivity contribution in [2.75, 3.05) is 38.2 Å². The number of nitrogens with zero attached hydrogens (tertiary/aromatic N) is 2. The normalized spacial score (nSPS) is 14.0. The van der Waals surface area contributed by atoms with Crippen LogP contribution in [0.5, 0.6) is 5.75 Å². The lowest BCUT2D eigenvalue weighted by molar-refractivity contribution is -0.125. The average Bonchev–Trinajstić information content (AvgIpc) is 3.02. The van der Waals surface area contributed by atoms with Gasteiger partial charge >= 0.3 is 0 Å². The van der Waals surface area contributed by atoms with Crippen molar-refractivity contribution in [3.05, 3.63) is 65.2 Å². The maximum absolute atomic E-state index is 13.2. The molecule has 1 aliphatic heterocycles. The van der Waals surface area contributed by atoms with E-state index in [0.717, 1.165) is 74.5 Å². The van der Waals surface area contributed by atoms with Crippen molar-refractivity contribution in [3.8, 4) is 5.75 Å². The highest BCUT2D eigenvalue weighted by molar-refractivity contribution is 6.22. The smallest absolute Gasteiger partial charge is 0.290 e. The van der Waals surface area contributed by atoms with Crippen LogP contribution in [-0.2, 0) is 9.59 Å². The molecule has 1 fully saturated rings. The number of aryl methyl sites for hydroxylation is 1. The predicted molar refractivity (Wildman–Crippen MR) is 191 cm³/mol. The molecule has 2 aromatic rings. The van der Waals surface area contributed by atoms with Crippen molar-refractivity contribution in [1.29, 1.82) is 0 Å². The summed E-state index contributed by atoms with van der Waals surface area (Å²) in [5.74, 6) is 1.19. The van der Waals surface area contributed by atoms with Crippen LogP contribution in [0, 0.1) is 6.92 Å². The van der Waals surface area contributed by atoms with Gasteiger partial charge in [-0.2, -0.15) is 0 Å². The second kappa shape index (κ2) is 25.0. The number of benzene rings is 2. The summed E-state index contributed by atoms with van der Waals surface area (Å²) in [7, 11) is 2.10. The Kier molecular flexibility index (Phi) is 22.1. The maximum atomic E-state index is 13.2. The number of carboxylic acid groups (broad SMARTS) is 1. The summed E-state index contributed by atoms with van der Waals surface area (Å²) < 4.78 is 5.50. The molecule has 2 aliphatic rings. The number of anilines is 1. The lowest BCUT2D eigenvalue weighted by atomic mass is 9.91. The lowest BCUT2D eigenvalue weighted by Gasteiger charge is -2.33. The van der Waals surface area contributed by atoms with Crippen LogP contribution in [0.4, 0.5) is 5.69 Å². The number of carbonyl (C=O) groups excluding carboxylic acids is 1. The van der Waals surface area contributed by atoms with E-state index >= 15 is 0 Å². The topological polar surface area (TPSA) is 70.1 Å². The number of unbranched alkanes of at least 4 members (excludes halogenated alkanes) is 1. The summed E-state index contributed by atoms with van der Waals surface area (Å²) in [4.78, 5) is 25.8. The summed E-state index contributed by atoms with van der Waals surface area (Å²) in [6, 6.07) is 16.5. The highest BCUT2D eigenvalue weighted by Crippen LogP contribution is 2.36. The number of hydrogen-bond acceptors (Lipinski definition) is 4. The Bertz CT molecular complexity index is 1070. The number of para-hydroxylation sites is 1. The van der Waals surface area contributed by atoms with Crippen LogP contribution < -0.4 is 9.64 Å². The van der Waals surface area contributed by atoms with Crippen molar-refractivity contribution >= 4 is 23.6 Å². The minimum atomic E-state index is -0.250. The molecule has 4 rings (SSSR count). The molecule has 1 N–H and O–H groups in total. The Balaban J connectivity index is 0.000000366. The molecule has 1 saturated carbocycles. The van der Waals surface area contributed by atoms with E-state index in [1.54, 1.807) is 0 Å². The molecule has 0 bridgehead atoms. The standard InChI is InChI=1S/C19H28N2O.C11H16O.C8H16.CH2O2/c1-5-12-21(13-6-2)19(22)18-15(7-3)14-20(4)17-11-9-8-10-16(17)18;1-3-4-9-12-11-7-5-10(2)6-8-11;1-2-4-6-8-7-5-3-1;2-1-3/h8-11H,5-7,12-14H2,1-4H3;5-8H,3-4,9H2,1-2H3;1-8H2;1H,(H,2,3). The molecule has 1 heterocycles. The Morgan fingerprint density at radius 3 is 1.82 bits per heavy atom. The Morgan fingerprint density at radius 2 is 1.36 bits per heavy atom. The summed E-state index contributed by atoms with van der Waals surface area (Å²) in [5, 5.41) is 6.89. The first-order chi connectivity index (χ1) is 21.9. The largest absolute Gasteiger partial charge is 0.494 e. The molecule has 2 aromatic carbocycles. The fourth-order valence-corrected chi connectivity index (χ4v) is 5.61. The third-order valence-electron chi connectivity index (χ3n) is 8.07. The van der Waals surface area contributed by atoms with Crippen LogP contribution in [0.3, 0.4) is 0 Å². The van der Waals surface area contributed by atoms with Gasteiger partial charge in [-0.1, -0.05) is 121 Å². The predicted octanol–water partition coefficient (Wildman–Crippen LogP) is 9.94. The molecular weight excluding hydrogens is 560 g/mol. The first kappa shape index (κ1) is 39.7. The van der Waals surface area contributed by atoms with Gasteiger partial charge < -0.3 is 19.6 Å². The van der Waals surface area contributed by atoms with Gasteiger partial charge in [-0.05, 0) is 56.4 Å². The number of carbonyl (C=O) groups is 2. The molecular formula is C39H62N2O4. The molecule has 0 radical (unpaired) electrons. The molecule has 45 heavy (non-hydrogen) atoms. The lowest BCUT2D eigenvalue weighted by Crippen LogP contribution is -2.36. The number of amides is 1. The first-order valence-corrected chi connectivity index (χ1v) is 17.5. The zero-order valence-corrected chi connectivity index (χ0v) is 29.3. The van der Waals surface area contributed by atoms with Gasteiger partial charge in [0.15, 0.2) is 0 Å². The van der Waals surface area contributed by atoms with E-state index in [2.05, 4.69) is 70.8 Å². The number of likely N-dealkylation sites (N-methyl/N-ethyl adjacent to an activating group) is 1. The first-order valence-electron chi connectivity index (χ1n) is 17.5. The minimum Gasteiger partial charge on any atom is -0.494 e. The SMILES string of the molecule is C1CCCCCCC1.CCCCOc1ccc(C)cc1.CCCN(CCC)C(=O)C1=C(CC)CN(C)c2ccccc21.O=CO. The van der Waals surface area contributed by atoms with Crippen molar-refractivity contribution in [2.45, 2.75) is 118 Å². The quantitative estimate of drug-likeness (QED) is 0.211. The zero-order valence-electron chi connectivity index (χ0n) is 29.3. The average molecular weight is 623 g/mol. The molecule has 0 atom stereocenters. The molecule has 6 heteroatoms. The van der Waals surface area contributed by atoms with Gasteiger partial charge in [0.1, 0.15) is 5.75 Å². The molecule has 0 saturated heterocycles. The minimum absolute atomic E-state index is 0.209. The van der Waals surface area contributed by atoms with Crippen LogP contribution in [0.2, 0.25) is 0 Å². The summed E-state index contributed by atoms with van der Waals surface area (Å²) in [6.07, 6.45) is 17.2. The van der Waals surface area contributed by atoms with Crippen LogP contribution in [0.1, 0.15) is 122 Å². The van der Waals surface area contributed by atoms with E-state index in [9.17, 15) is 4.79 Å². The van der Waals surface area contributed by atoms with Crippen molar-refractivity contribution < 1.29 is 19.4 Å². The molecule has 0 unspecified atom stereocenters. The van der Waals surface area contributed by atoms with Crippen LogP contribution in [-0.4, -0.2) is 55.7 Å². The fraction of sp³-hybridized carbons (Fsp3) is 0.590. The van der Waals surface area contributed by atoms with Crippen LogP contribution in [0.25, 0.3) is 5.57 Å². The third-order valence-corrected chi connectivity index (χ3v) is 8.07. The monoisotopic (exact) mass is 622 g/mol. The molecule has 0 aromatic heterocycles. The molecule has 1 aliphatic carbocycles. The molecule has 252 valence electrons. The molecule has 6 nitrogen and oxygen atoms in total. The van der Waals surface area contributed by atoms with Gasteiger partial charge in [0, 0.05) is 43.5 Å². The molecule has 1 amide bonds. The van der Waals surface area contributed by atoms with E-state index in [4.69, 9.17) is 14.6 Å². The van der Waals surface area contributed by atoms with Gasteiger partial charge in [-0.25, -0.2) is 0 Å². The van der Waals surface area contributed by atoms with Gasteiger partial charge in [-0.3, -0.25) is 9.59 Å². The summed E-state index contributed by atoms with van der Waals surface area (Å²) >= 11 is 0. The van der Waals surface area contributed by atoms with E-state index in [0.29, 0.717) is 0 Å². The fourth-order valence-electron chi connectivity index (χ4n) is 5.61. The van der Waals surface area contributed by atoms with Crippen molar-refractivity contribution in [2.24, 2.45) is 0 Å². The second-order valence-corrected chi connectivity index (χ2v) is 11.9. The van der Waals surface area contributed by atoms with Crippen molar-refractivity contribution in [3.63, 3.8) is 0 Å². The summed E-state index contributed by atoms with van der Waals surface area (Å²) in [5.41, 5.74) is 5.73. The highest BCUT2D eigenvalue weighted by atomic mass is 16.5. The highest BCUT2D eigenvalue weighted by Gasteiger charge is 2.28. The van der Waals surface area contributed by atoms with E-state index in [1.807, 2.05) is 29.2 Å². The third kappa shape index (κ3) is 15.5. The number of fused-ring (bicyclic) bond motifs is 1. The molecule has 0 spiro atoms.